The molecule has 0 saturated heterocycles. The highest BCUT2D eigenvalue weighted by atomic mass is 19.1. The molecule has 0 saturated carbocycles. The van der Waals surface area contributed by atoms with Gasteiger partial charge in [0.2, 0.25) is 0 Å². The molecule has 19 heavy (non-hydrogen) atoms. The van der Waals surface area contributed by atoms with Crippen LogP contribution < -0.4 is 5.32 Å². The van der Waals surface area contributed by atoms with Crippen molar-refractivity contribution in [1.29, 1.82) is 0 Å². The average molecular weight is 262 g/mol. The van der Waals surface area contributed by atoms with Gasteiger partial charge in [0, 0.05) is 25.0 Å². The first-order valence-electron chi connectivity index (χ1n) is 6.45. The number of hydrogen-bond donors (Lipinski definition) is 1. The number of nitrogens with one attached hydrogen (secondary N) is 1. The Bertz CT molecular complexity index is 550. The van der Waals surface area contributed by atoms with Gasteiger partial charge in [0.25, 0.3) is 0 Å². The van der Waals surface area contributed by atoms with Gasteiger partial charge in [0.05, 0.1) is 17.9 Å². The Morgan fingerprint density at radius 3 is 2.79 bits per heavy atom. The highest BCUT2D eigenvalue weighted by molar-refractivity contribution is 5.31. The number of rotatable bonds is 5. The molecule has 0 fully saturated rings. The number of pyridine rings is 1. The van der Waals surface area contributed by atoms with E-state index in [1.54, 1.807) is 10.9 Å². The Morgan fingerprint density at radius 1 is 1.42 bits per heavy atom. The SMILES string of the molecule is CCCNC(c1cncc(F)c1)c1cn(C)nc1C. The first kappa shape index (κ1) is 13.7. The van der Waals surface area contributed by atoms with Crippen molar-refractivity contribution in [3.8, 4) is 0 Å². The zero-order chi connectivity index (χ0) is 13.8. The van der Waals surface area contributed by atoms with Gasteiger partial charge in [0.15, 0.2) is 0 Å². The summed E-state index contributed by atoms with van der Waals surface area (Å²) >= 11 is 0. The molecule has 4 nitrogen and oxygen atoms in total. The number of nitrogens with zero attached hydrogens (tertiary/aromatic N) is 3. The van der Waals surface area contributed by atoms with Gasteiger partial charge in [-0.05, 0) is 31.5 Å². The number of aryl methyl sites for hydroxylation is 2. The lowest BCUT2D eigenvalue weighted by Crippen LogP contribution is -2.23. The van der Waals surface area contributed by atoms with Gasteiger partial charge in [-0.3, -0.25) is 9.67 Å². The third-order valence-electron chi connectivity index (χ3n) is 3.02. The summed E-state index contributed by atoms with van der Waals surface area (Å²) in [4.78, 5) is 3.93. The Balaban J connectivity index is 2.38. The highest BCUT2D eigenvalue weighted by Crippen LogP contribution is 2.24. The van der Waals surface area contributed by atoms with Crippen LogP contribution in [-0.4, -0.2) is 21.3 Å². The fourth-order valence-corrected chi connectivity index (χ4v) is 2.18. The molecule has 0 radical (unpaired) electrons. The lowest BCUT2D eigenvalue weighted by molar-refractivity contribution is 0.578. The van der Waals surface area contributed by atoms with E-state index < -0.39 is 0 Å². The minimum absolute atomic E-state index is 0.0724. The normalized spacial score (nSPS) is 12.6. The van der Waals surface area contributed by atoms with Crippen molar-refractivity contribution in [3.05, 3.63) is 47.3 Å². The molecule has 1 atom stereocenters. The van der Waals surface area contributed by atoms with Gasteiger partial charge in [-0.1, -0.05) is 6.92 Å². The molecule has 0 bridgehead atoms. The predicted octanol–water partition coefficient (Wildman–Crippen LogP) is 2.35. The van der Waals surface area contributed by atoms with Crippen molar-refractivity contribution >= 4 is 0 Å². The van der Waals surface area contributed by atoms with Crippen LogP contribution in [0.5, 0.6) is 0 Å². The Hall–Kier alpha value is -1.75. The Labute approximate surface area is 112 Å². The highest BCUT2D eigenvalue weighted by Gasteiger charge is 2.18. The second kappa shape index (κ2) is 5.93. The van der Waals surface area contributed by atoms with E-state index in [9.17, 15) is 4.39 Å². The second-order valence-electron chi connectivity index (χ2n) is 4.67. The first-order chi connectivity index (χ1) is 9.11. The van der Waals surface area contributed by atoms with E-state index in [1.807, 2.05) is 20.2 Å². The summed E-state index contributed by atoms with van der Waals surface area (Å²) in [6, 6.07) is 1.45. The van der Waals surface area contributed by atoms with Gasteiger partial charge >= 0.3 is 0 Å². The summed E-state index contributed by atoms with van der Waals surface area (Å²) < 4.78 is 15.1. The standard InChI is InChI=1S/C14H19FN4/c1-4-5-17-14(11-6-12(15)8-16-7-11)13-9-19(3)18-10(13)2/h6-9,14,17H,4-5H2,1-3H3. The zero-order valence-electron chi connectivity index (χ0n) is 11.5. The van der Waals surface area contributed by atoms with Crippen LogP contribution in [0.4, 0.5) is 4.39 Å². The minimum atomic E-state index is -0.317. The Kier molecular flexibility index (Phi) is 4.27. The monoisotopic (exact) mass is 262 g/mol. The summed E-state index contributed by atoms with van der Waals surface area (Å²) in [7, 11) is 1.89. The van der Waals surface area contributed by atoms with Gasteiger partial charge in [-0.2, -0.15) is 5.10 Å². The summed E-state index contributed by atoms with van der Waals surface area (Å²) in [5.74, 6) is -0.317. The molecule has 2 aromatic heterocycles. The van der Waals surface area contributed by atoms with E-state index in [4.69, 9.17) is 0 Å². The van der Waals surface area contributed by atoms with E-state index in [0.717, 1.165) is 29.8 Å². The minimum Gasteiger partial charge on any atom is -0.306 e. The van der Waals surface area contributed by atoms with Crippen molar-refractivity contribution in [1.82, 2.24) is 20.1 Å². The molecule has 0 aromatic carbocycles. The lowest BCUT2D eigenvalue weighted by Gasteiger charge is -2.18. The van der Waals surface area contributed by atoms with Gasteiger partial charge in [-0.25, -0.2) is 4.39 Å². The Morgan fingerprint density at radius 2 is 2.21 bits per heavy atom. The van der Waals surface area contributed by atoms with E-state index >= 15 is 0 Å². The number of hydrogen-bond acceptors (Lipinski definition) is 3. The first-order valence-corrected chi connectivity index (χ1v) is 6.45. The molecule has 2 heterocycles. The predicted molar refractivity (Wildman–Crippen MR) is 72.3 cm³/mol. The van der Waals surface area contributed by atoms with Crippen LogP contribution in [0, 0.1) is 12.7 Å². The molecular weight excluding hydrogens is 243 g/mol. The molecule has 0 amide bonds. The topological polar surface area (TPSA) is 42.7 Å². The van der Waals surface area contributed by atoms with Gasteiger partial charge < -0.3 is 5.32 Å². The van der Waals surface area contributed by atoms with E-state index in [0.29, 0.717) is 0 Å². The van der Waals surface area contributed by atoms with E-state index in [1.165, 1.54) is 12.3 Å². The lowest BCUT2D eigenvalue weighted by atomic mass is 10.0. The molecule has 0 spiro atoms. The molecule has 1 unspecified atom stereocenters. The van der Waals surface area contributed by atoms with E-state index in [2.05, 4.69) is 22.3 Å². The molecule has 1 N–H and O–H groups in total. The van der Waals surface area contributed by atoms with Crippen LogP contribution >= 0.6 is 0 Å². The largest absolute Gasteiger partial charge is 0.306 e. The quantitative estimate of drug-likeness (QED) is 0.899. The molecule has 2 rings (SSSR count). The fraction of sp³-hybridized carbons (Fsp3) is 0.429. The van der Waals surface area contributed by atoms with Crippen LogP contribution in [0.15, 0.2) is 24.7 Å². The van der Waals surface area contributed by atoms with Crippen molar-refractivity contribution in [3.63, 3.8) is 0 Å². The fourth-order valence-electron chi connectivity index (χ4n) is 2.18. The molecule has 0 aliphatic rings. The number of halogens is 1. The number of aromatic nitrogens is 3. The van der Waals surface area contributed by atoms with Crippen LogP contribution in [0.2, 0.25) is 0 Å². The van der Waals surface area contributed by atoms with Crippen LogP contribution in [0.1, 0.15) is 36.2 Å². The van der Waals surface area contributed by atoms with Crippen LogP contribution in [0.3, 0.4) is 0 Å². The second-order valence-corrected chi connectivity index (χ2v) is 4.67. The van der Waals surface area contributed by atoms with E-state index in [-0.39, 0.29) is 11.9 Å². The zero-order valence-corrected chi connectivity index (χ0v) is 11.5. The van der Waals surface area contributed by atoms with Crippen molar-refractivity contribution in [2.75, 3.05) is 6.54 Å². The molecule has 0 aliphatic carbocycles. The third kappa shape index (κ3) is 3.17. The summed E-state index contributed by atoms with van der Waals surface area (Å²) in [6.45, 7) is 4.92. The smallest absolute Gasteiger partial charge is 0.141 e. The maximum absolute atomic E-state index is 13.4. The van der Waals surface area contributed by atoms with Crippen LogP contribution in [-0.2, 0) is 7.05 Å². The van der Waals surface area contributed by atoms with Crippen molar-refractivity contribution < 1.29 is 4.39 Å². The maximum Gasteiger partial charge on any atom is 0.141 e. The summed E-state index contributed by atoms with van der Waals surface area (Å²) in [5.41, 5.74) is 2.83. The third-order valence-corrected chi connectivity index (χ3v) is 3.02. The van der Waals surface area contributed by atoms with Gasteiger partial charge in [-0.15, -0.1) is 0 Å². The molecular formula is C14H19FN4. The van der Waals surface area contributed by atoms with Crippen molar-refractivity contribution in [2.24, 2.45) is 7.05 Å². The molecule has 2 aromatic rings. The molecule has 5 heteroatoms. The van der Waals surface area contributed by atoms with Crippen LogP contribution in [0.25, 0.3) is 0 Å². The average Bonchev–Trinajstić information content (AvgIpc) is 2.69. The van der Waals surface area contributed by atoms with Crippen molar-refractivity contribution in [2.45, 2.75) is 26.3 Å². The summed E-state index contributed by atoms with van der Waals surface area (Å²) in [6.07, 6.45) is 5.89. The molecule has 0 aliphatic heterocycles. The molecule has 102 valence electrons. The van der Waals surface area contributed by atoms with Gasteiger partial charge in [0.1, 0.15) is 5.82 Å². The summed E-state index contributed by atoms with van der Waals surface area (Å²) in [5, 5.41) is 7.77. The maximum atomic E-state index is 13.4.